The molecule has 0 aliphatic carbocycles. The van der Waals surface area contributed by atoms with Crippen LogP contribution in [0.25, 0.3) is 0 Å². The van der Waals surface area contributed by atoms with Gasteiger partial charge in [-0.05, 0) is 13.3 Å². The van der Waals surface area contributed by atoms with Gasteiger partial charge in [-0.25, -0.2) is 8.42 Å². The van der Waals surface area contributed by atoms with Gasteiger partial charge in [-0.15, -0.1) is 0 Å². The zero-order valence-corrected chi connectivity index (χ0v) is 10.4. The van der Waals surface area contributed by atoms with Gasteiger partial charge in [-0.2, -0.15) is 9.40 Å². The smallest absolute Gasteiger partial charge is 0.263 e. The fraction of sp³-hybridized carbons (Fsp3) is 0.500. The molecular formula is C10H15N3O3S. The summed E-state index contributed by atoms with van der Waals surface area (Å²) in [5, 5.41) is 15.5. The molecule has 2 rings (SSSR count). The molecule has 6 nitrogen and oxygen atoms in total. The van der Waals surface area contributed by atoms with Crippen LogP contribution in [0.2, 0.25) is 0 Å². The molecule has 17 heavy (non-hydrogen) atoms. The summed E-state index contributed by atoms with van der Waals surface area (Å²) >= 11 is 0. The van der Waals surface area contributed by atoms with Crippen molar-refractivity contribution in [1.82, 2.24) is 14.5 Å². The highest BCUT2D eigenvalue weighted by Crippen LogP contribution is 2.21. The monoisotopic (exact) mass is 257 g/mol. The number of hydrogen-bond acceptors (Lipinski definition) is 4. The summed E-state index contributed by atoms with van der Waals surface area (Å²) in [6.45, 7) is 2.17. The zero-order valence-electron chi connectivity index (χ0n) is 9.55. The third kappa shape index (κ3) is 2.13. The first-order valence-electron chi connectivity index (χ1n) is 5.37. The molecule has 0 radical (unpaired) electrons. The minimum atomic E-state index is -3.60. The third-order valence-electron chi connectivity index (χ3n) is 2.80. The first-order chi connectivity index (χ1) is 8.07. The SMILES string of the molecule is Cc1[nH]nc(S(=O)(=O)N2CC=CCC2)c1CO. The topological polar surface area (TPSA) is 86.3 Å². The van der Waals surface area contributed by atoms with E-state index in [0.717, 1.165) is 0 Å². The van der Waals surface area contributed by atoms with Gasteiger partial charge in [0.15, 0.2) is 5.03 Å². The van der Waals surface area contributed by atoms with Crippen LogP contribution in [0.3, 0.4) is 0 Å². The van der Waals surface area contributed by atoms with Crippen LogP contribution in [0, 0.1) is 6.92 Å². The summed E-state index contributed by atoms with van der Waals surface area (Å²) in [7, 11) is -3.60. The standard InChI is InChI=1S/C10H15N3O3S/c1-8-9(7-14)10(12-11-8)17(15,16)13-5-3-2-4-6-13/h2-3,14H,4-7H2,1H3,(H,11,12). The number of hydrogen-bond donors (Lipinski definition) is 2. The maximum absolute atomic E-state index is 12.3. The van der Waals surface area contributed by atoms with Crippen LogP contribution in [0.15, 0.2) is 17.2 Å². The van der Waals surface area contributed by atoms with Gasteiger partial charge in [-0.3, -0.25) is 5.10 Å². The van der Waals surface area contributed by atoms with Crippen molar-refractivity contribution in [3.63, 3.8) is 0 Å². The molecule has 0 fully saturated rings. The Labute approximate surface area is 100 Å². The lowest BCUT2D eigenvalue weighted by Crippen LogP contribution is -2.34. The molecule has 0 aromatic carbocycles. The molecule has 2 heterocycles. The predicted molar refractivity (Wildman–Crippen MR) is 61.8 cm³/mol. The number of aryl methyl sites for hydroxylation is 1. The van der Waals surface area contributed by atoms with Crippen LogP contribution >= 0.6 is 0 Å². The van der Waals surface area contributed by atoms with E-state index in [4.69, 9.17) is 0 Å². The van der Waals surface area contributed by atoms with Crippen molar-refractivity contribution >= 4 is 10.0 Å². The summed E-state index contributed by atoms with van der Waals surface area (Å²) in [4.78, 5) is 0. The van der Waals surface area contributed by atoms with Crippen molar-refractivity contribution in [3.05, 3.63) is 23.4 Å². The maximum Gasteiger partial charge on any atom is 0.263 e. The van der Waals surface area contributed by atoms with Crippen molar-refractivity contribution in [2.24, 2.45) is 0 Å². The van der Waals surface area contributed by atoms with Gasteiger partial charge in [0.05, 0.1) is 6.61 Å². The van der Waals surface area contributed by atoms with Crippen LogP contribution in [-0.2, 0) is 16.6 Å². The largest absolute Gasteiger partial charge is 0.392 e. The minimum absolute atomic E-state index is 0.0622. The summed E-state index contributed by atoms with van der Waals surface area (Å²) in [5.74, 6) is 0. The van der Waals surface area contributed by atoms with Crippen molar-refractivity contribution in [2.45, 2.75) is 25.0 Å². The Bertz CT molecular complexity index is 533. The maximum atomic E-state index is 12.3. The Kier molecular flexibility index (Phi) is 3.32. The summed E-state index contributed by atoms with van der Waals surface area (Å²) < 4.78 is 25.9. The summed E-state index contributed by atoms with van der Waals surface area (Å²) in [6.07, 6.45) is 4.48. The highest BCUT2D eigenvalue weighted by atomic mass is 32.2. The number of aliphatic hydroxyl groups excluding tert-OH is 1. The quantitative estimate of drug-likeness (QED) is 0.755. The highest BCUT2D eigenvalue weighted by Gasteiger charge is 2.30. The molecule has 0 amide bonds. The van der Waals surface area contributed by atoms with Crippen LogP contribution in [-0.4, -0.2) is 41.1 Å². The lowest BCUT2D eigenvalue weighted by atomic mass is 10.3. The highest BCUT2D eigenvalue weighted by molar-refractivity contribution is 7.89. The van der Waals surface area contributed by atoms with Crippen LogP contribution in [0.1, 0.15) is 17.7 Å². The molecule has 0 spiro atoms. The van der Waals surface area contributed by atoms with Crippen molar-refractivity contribution in [3.8, 4) is 0 Å². The van der Waals surface area contributed by atoms with E-state index in [-0.39, 0.29) is 11.6 Å². The lowest BCUT2D eigenvalue weighted by molar-refractivity contribution is 0.277. The van der Waals surface area contributed by atoms with Gasteiger partial charge in [0.25, 0.3) is 10.0 Å². The fourth-order valence-corrected chi connectivity index (χ4v) is 3.35. The number of aromatic nitrogens is 2. The molecular weight excluding hydrogens is 242 g/mol. The molecule has 0 saturated carbocycles. The van der Waals surface area contributed by atoms with E-state index in [9.17, 15) is 13.5 Å². The normalized spacial score (nSPS) is 17.5. The van der Waals surface area contributed by atoms with Gasteiger partial charge >= 0.3 is 0 Å². The van der Waals surface area contributed by atoms with Crippen molar-refractivity contribution in [2.75, 3.05) is 13.1 Å². The van der Waals surface area contributed by atoms with Gasteiger partial charge in [0.2, 0.25) is 0 Å². The Morgan fingerprint density at radius 3 is 2.88 bits per heavy atom. The van der Waals surface area contributed by atoms with Crippen molar-refractivity contribution in [1.29, 1.82) is 0 Å². The molecule has 1 aliphatic rings. The first-order valence-corrected chi connectivity index (χ1v) is 6.81. The second-order valence-electron chi connectivity index (χ2n) is 3.91. The number of aromatic amines is 1. The van der Waals surface area contributed by atoms with Gasteiger partial charge in [-0.1, -0.05) is 12.2 Å². The summed E-state index contributed by atoms with van der Waals surface area (Å²) in [5.41, 5.74) is 0.929. The average Bonchev–Trinajstić information content (AvgIpc) is 2.72. The Morgan fingerprint density at radius 2 is 2.29 bits per heavy atom. The van der Waals surface area contributed by atoms with Gasteiger partial charge < -0.3 is 5.11 Å². The molecule has 1 aromatic heterocycles. The Balaban J connectivity index is 2.40. The number of sulfonamides is 1. The molecule has 2 N–H and O–H groups in total. The lowest BCUT2D eigenvalue weighted by Gasteiger charge is -2.21. The molecule has 0 atom stereocenters. The summed E-state index contributed by atoms with van der Waals surface area (Å²) in [6, 6.07) is 0. The first kappa shape index (κ1) is 12.3. The van der Waals surface area contributed by atoms with Gasteiger partial charge in [0, 0.05) is 24.3 Å². The van der Waals surface area contributed by atoms with Crippen LogP contribution in [0.4, 0.5) is 0 Å². The molecule has 7 heteroatoms. The van der Waals surface area contributed by atoms with E-state index in [0.29, 0.717) is 30.8 Å². The second kappa shape index (κ2) is 4.59. The van der Waals surface area contributed by atoms with E-state index >= 15 is 0 Å². The number of aliphatic hydroxyl groups is 1. The van der Waals surface area contributed by atoms with E-state index in [2.05, 4.69) is 10.2 Å². The molecule has 0 bridgehead atoms. The number of nitrogens with zero attached hydrogens (tertiary/aromatic N) is 2. The Hall–Kier alpha value is -1.18. The number of nitrogens with one attached hydrogen (secondary N) is 1. The van der Waals surface area contributed by atoms with E-state index in [1.807, 2.05) is 12.2 Å². The van der Waals surface area contributed by atoms with E-state index in [1.54, 1.807) is 6.92 Å². The minimum Gasteiger partial charge on any atom is -0.392 e. The Morgan fingerprint density at radius 1 is 1.53 bits per heavy atom. The molecule has 1 aliphatic heterocycles. The molecule has 94 valence electrons. The predicted octanol–water partition coefficient (Wildman–Crippen LogP) is 0.161. The van der Waals surface area contributed by atoms with Crippen LogP contribution in [0.5, 0.6) is 0 Å². The van der Waals surface area contributed by atoms with E-state index < -0.39 is 10.0 Å². The molecule has 0 saturated heterocycles. The van der Waals surface area contributed by atoms with Crippen molar-refractivity contribution < 1.29 is 13.5 Å². The fourth-order valence-electron chi connectivity index (χ4n) is 1.79. The molecule has 0 unspecified atom stereocenters. The third-order valence-corrected chi connectivity index (χ3v) is 4.64. The van der Waals surface area contributed by atoms with Gasteiger partial charge in [0.1, 0.15) is 0 Å². The number of H-pyrrole nitrogens is 1. The second-order valence-corrected chi connectivity index (χ2v) is 5.77. The van der Waals surface area contributed by atoms with Crippen LogP contribution < -0.4 is 0 Å². The zero-order chi connectivity index (χ0) is 12.5. The molecule has 1 aromatic rings. The average molecular weight is 257 g/mol. The number of rotatable bonds is 3. The van der Waals surface area contributed by atoms with E-state index in [1.165, 1.54) is 4.31 Å².